The van der Waals surface area contributed by atoms with Crippen molar-refractivity contribution < 1.29 is 13.9 Å². The highest BCUT2D eigenvalue weighted by Gasteiger charge is 2.07. The molecule has 2 aromatic carbocycles. The summed E-state index contributed by atoms with van der Waals surface area (Å²) in [5, 5.41) is 0. The summed E-state index contributed by atoms with van der Waals surface area (Å²) in [5.74, 6) is 0.414. The van der Waals surface area contributed by atoms with Crippen molar-refractivity contribution in [2.24, 2.45) is 5.41 Å². The lowest BCUT2D eigenvalue weighted by molar-refractivity contribution is 0.231. The van der Waals surface area contributed by atoms with Gasteiger partial charge in [-0.3, -0.25) is 0 Å². The first kappa shape index (κ1) is 16.1. The number of rotatable bonds is 5. The van der Waals surface area contributed by atoms with E-state index in [1.165, 1.54) is 6.07 Å². The second kappa shape index (κ2) is 7.12. The van der Waals surface area contributed by atoms with E-state index in [4.69, 9.17) is 9.47 Å². The Hall–Kier alpha value is -2.29. The monoisotopic (exact) mass is 300 g/mol. The SMILES string of the molecule is CC(C)(C)C=COCc1ccc(F)c(Oc2ccccc2)c1. The van der Waals surface area contributed by atoms with E-state index in [0.29, 0.717) is 12.4 Å². The molecule has 0 spiro atoms. The van der Waals surface area contributed by atoms with Crippen molar-refractivity contribution in [3.8, 4) is 11.5 Å². The van der Waals surface area contributed by atoms with E-state index in [-0.39, 0.29) is 11.2 Å². The minimum atomic E-state index is -0.391. The standard InChI is InChI=1S/C19H21FO2/c1-19(2,3)11-12-21-14-15-9-10-17(20)18(13-15)22-16-7-5-4-6-8-16/h4-13H,14H2,1-3H3. The molecule has 0 fully saturated rings. The van der Waals surface area contributed by atoms with Crippen molar-refractivity contribution in [2.75, 3.05) is 0 Å². The van der Waals surface area contributed by atoms with Crippen molar-refractivity contribution in [1.29, 1.82) is 0 Å². The fourth-order valence-corrected chi connectivity index (χ4v) is 1.73. The number of hydrogen-bond acceptors (Lipinski definition) is 2. The summed E-state index contributed by atoms with van der Waals surface area (Å²) >= 11 is 0. The van der Waals surface area contributed by atoms with Crippen molar-refractivity contribution in [3.63, 3.8) is 0 Å². The summed E-state index contributed by atoms with van der Waals surface area (Å²) in [5.41, 5.74) is 0.926. The number of ether oxygens (including phenoxy) is 2. The molecule has 2 nitrogen and oxygen atoms in total. The highest BCUT2D eigenvalue weighted by Crippen LogP contribution is 2.25. The van der Waals surface area contributed by atoms with Gasteiger partial charge in [-0.15, -0.1) is 0 Å². The van der Waals surface area contributed by atoms with Crippen LogP contribution in [0, 0.1) is 11.2 Å². The Morgan fingerprint density at radius 1 is 1.05 bits per heavy atom. The molecule has 3 heteroatoms. The molecule has 0 bridgehead atoms. The van der Waals surface area contributed by atoms with Crippen LogP contribution in [-0.4, -0.2) is 0 Å². The number of halogens is 1. The van der Waals surface area contributed by atoms with Gasteiger partial charge in [0, 0.05) is 0 Å². The molecule has 0 saturated carbocycles. The lowest BCUT2D eigenvalue weighted by atomic mass is 9.97. The first-order valence-electron chi connectivity index (χ1n) is 7.25. The van der Waals surface area contributed by atoms with Gasteiger partial charge in [0.05, 0.1) is 6.26 Å². The average Bonchev–Trinajstić information content (AvgIpc) is 2.47. The minimum absolute atomic E-state index is 0.0738. The van der Waals surface area contributed by atoms with E-state index in [1.807, 2.05) is 24.3 Å². The normalized spacial score (nSPS) is 11.6. The first-order chi connectivity index (χ1) is 10.4. The van der Waals surface area contributed by atoms with E-state index in [9.17, 15) is 4.39 Å². The van der Waals surface area contributed by atoms with E-state index in [0.717, 1.165) is 5.56 Å². The Kier molecular flexibility index (Phi) is 5.21. The maximum atomic E-state index is 13.8. The van der Waals surface area contributed by atoms with Crippen LogP contribution in [0.1, 0.15) is 26.3 Å². The molecule has 0 radical (unpaired) electrons. The maximum Gasteiger partial charge on any atom is 0.165 e. The zero-order valence-corrected chi connectivity index (χ0v) is 13.2. The molecule has 22 heavy (non-hydrogen) atoms. The number of benzene rings is 2. The van der Waals surface area contributed by atoms with Crippen LogP contribution in [0.3, 0.4) is 0 Å². The Bertz CT molecular complexity index is 628. The minimum Gasteiger partial charge on any atom is -0.497 e. The highest BCUT2D eigenvalue weighted by atomic mass is 19.1. The lowest BCUT2D eigenvalue weighted by Crippen LogP contribution is -1.99. The Balaban J connectivity index is 2.02. The lowest BCUT2D eigenvalue weighted by Gasteiger charge is -2.11. The summed E-state index contributed by atoms with van der Waals surface area (Å²) in [6.07, 6.45) is 3.67. The first-order valence-corrected chi connectivity index (χ1v) is 7.25. The third kappa shape index (κ3) is 5.24. The Morgan fingerprint density at radius 2 is 1.77 bits per heavy atom. The molecule has 0 saturated heterocycles. The van der Waals surface area contributed by atoms with Gasteiger partial charge in [-0.1, -0.05) is 45.0 Å². The van der Waals surface area contributed by atoms with Crippen LogP contribution in [0.4, 0.5) is 4.39 Å². The largest absolute Gasteiger partial charge is 0.497 e. The fraction of sp³-hybridized carbons (Fsp3) is 0.263. The summed E-state index contributed by atoms with van der Waals surface area (Å²) in [4.78, 5) is 0. The van der Waals surface area contributed by atoms with Gasteiger partial charge >= 0.3 is 0 Å². The third-order valence-electron chi connectivity index (χ3n) is 2.88. The number of para-hydroxylation sites is 1. The van der Waals surface area contributed by atoms with Gasteiger partial charge in [-0.25, -0.2) is 4.39 Å². The van der Waals surface area contributed by atoms with Crippen molar-refractivity contribution in [2.45, 2.75) is 27.4 Å². The molecule has 0 aromatic heterocycles. The molecular formula is C19H21FO2. The topological polar surface area (TPSA) is 18.5 Å². The second-order valence-corrected chi connectivity index (χ2v) is 6.16. The third-order valence-corrected chi connectivity index (χ3v) is 2.88. The molecule has 0 aliphatic carbocycles. The smallest absolute Gasteiger partial charge is 0.165 e. The highest BCUT2D eigenvalue weighted by molar-refractivity contribution is 5.35. The van der Waals surface area contributed by atoms with Crippen LogP contribution in [0.25, 0.3) is 0 Å². The predicted molar refractivity (Wildman–Crippen MR) is 86.3 cm³/mol. The van der Waals surface area contributed by atoms with Gasteiger partial charge in [0.1, 0.15) is 12.4 Å². The summed E-state index contributed by atoms with van der Waals surface area (Å²) in [6.45, 7) is 6.65. The van der Waals surface area contributed by atoms with Gasteiger partial charge in [0.25, 0.3) is 0 Å². The predicted octanol–water partition coefficient (Wildman–Crippen LogP) is 5.69. The van der Waals surface area contributed by atoms with Gasteiger partial charge in [0.15, 0.2) is 11.6 Å². The molecule has 0 unspecified atom stereocenters. The summed E-state index contributed by atoms with van der Waals surface area (Å²) < 4.78 is 24.9. The van der Waals surface area contributed by atoms with Gasteiger partial charge in [-0.2, -0.15) is 0 Å². The maximum absolute atomic E-state index is 13.8. The van der Waals surface area contributed by atoms with Crippen molar-refractivity contribution in [1.82, 2.24) is 0 Å². The quantitative estimate of drug-likeness (QED) is 0.660. The zero-order valence-electron chi connectivity index (χ0n) is 13.2. The van der Waals surface area contributed by atoms with Crippen molar-refractivity contribution >= 4 is 0 Å². The van der Waals surface area contributed by atoms with Gasteiger partial charge in [0.2, 0.25) is 0 Å². The molecule has 2 rings (SSSR count). The van der Waals surface area contributed by atoms with Crippen LogP contribution >= 0.6 is 0 Å². The Labute approximate surface area is 131 Å². The molecule has 0 N–H and O–H groups in total. The molecule has 0 atom stereocenters. The van der Waals surface area contributed by atoms with E-state index < -0.39 is 5.82 Å². The van der Waals surface area contributed by atoms with Crippen LogP contribution in [-0.2, 0) is 11.3 Å². The molecule has 0 amide bonds. The zero-order chi connectivity index (χ0) is 16.0. The molecule has 2 aromatic rings. The van der Waals surface area contributed by atoms with Gasteiger partial charge < -0.3 is 9.47 Å². The summed E-state index contributed by atoms with van der Waals surface area (Å²) in [6, 6.07) is 13.9. The van der Waals surface area contributed by atoms with Crippen molar-refractivity contribution in [3.05, 3.63) is 72.2 Å². The van der Waals surface area contributed by atoms with E-state index in [2.05, 4.69) is 20.8 Å². The van der Waals surface area contributed by atoms with Crippen LogP contribution in [0.5, 0.6) is 11.5 Å². The van der Waals surface area contributed by atoms with Crippen LogP contribution < -0.4 is 4.74 Å². The molecule has 0 heterocycles. The van der Waals surface area contributed by atoms with Crippen LogP contribution in [0.15, 0.2) is 60.9 Å². The average molecular weight is 300 g/mol. The molecule has 0 aliphatic heterocycles. The Morgan fingerprint density at radius 3 is 2.45 bits per heavy atom. The number of allylic oxidation sites excluding steroid dienone is 1. The fourth-order valence-electron chi connectivity index (χ4n) is 1.73. The van der Waals surface area contributed by atoms with E-state index >= 15 is 0 Å². The molecule has 116 valence electrons. The second-order valence-electron chi connectivity index (χ2n) is 6.16. The van der Waals surface area contributed by atoms with Crippen LogP contribution in [0.2, 0.25) is 0 Å². The number of hydrogen-bond donors (Lipinski definition) is 0. The molecular weight excluding hydrogens is 279 g/mol. The summed E-state index contributed by atoms with van der Waals surface area (Å²) in [7, 11) is 0. The van der Waals surface area contributed by atoms with E-state index in [1.54, 1.807) is 30.5 Å². The molecule has 0 aliphatic rings. The van der Waals surface area contributed by atoms with Gasteiger partial charge in [-0.05, 0) is 41.3 Å².